The van der Waals surface area contributed by atoms with Crippen molar-refractivity contribution in [3.05, 3.63) is 0 Å². The second-order valence-electron chi connectivity index (χ2n) is 5.52. The van der Waals surface area contributed by atoms with E-state index in [1.54, 1.807) is 11.9 Å². The summed E-state index contributed by atoms with van der Waals surface area (Å²) in [6.07, 6.45) is 4.48. The Labute approximate surface area is 115 Å². The van der Waals surface area contributed by atoms with Crippen molar-refractivity contribution < 1.29 is 14.3 Å². The molecule has 110 valence electrons. The lowest BCUT2D eigenvalue weighted by Gasteiger charge is -2.30. The van der Waals surface area contributed by atoms with Crippen LogP contribution in [0.2, 0.25) is 0 Å². The first-order valence-corrected chi connectivity index (χ1v) is 7.02. The first kappa shape index (κ1) is 16.0. The molecule has 0 aromatic heterocycles. The fraction of sp³-hybridized carbons (Fsp3) is 0.857. The topological polar surface area (TPSA) is 49.9 Å². The minimum absolute atomic E-state index is 0.0609. The van der Waals surface area contributed by atoms with Crippen molar-refractivity contribution in [2.24, 2.45) is 0 Å². The van der Waals surface area contributed by atoms with E-state index in [1.807, 2.05) is 18.7 Å². The van der Waals surface area contributed by atoms with Crippen molar-refractivity contribution in [3.8, 4) is 0 Å². The maximum atomic E-state index is 12.2. The molecule has 1 rings (SSSR count). The third kappa shape index (κ3) is 4.82. The average Bonchev–Trinajstić information content (AvgIpc) is 2.90. The molecule has 0 spiro atoms. The van der Waals surface area contributed by atoms with Crippen molar-refractivity contribution in [2.45, 2.75) is 51.6 Å². The van der Waals surface area contributed by atoms with E-state index in [-0.39, 0.29) is 24.5 Å². The van der Waals surface area contributed by atoms with Gasteiger partial charge in [0.05, 0.1) is 20.2 Å². The van der Waals surface area contributed by atoms with Crippen LogP contribution in [0.15, 0.2) is 0 Å². The molecule has 19 heavy (non-hydrogen) atoms. The van der Waals surface area contributed by atoms with Crippen LogP contribution in [0.3, 0.4) is 0 Å². The summed E-state index contributed by atoms with van der Waals surface area (Å²) in [6.45, 7) is 4.48. The highest BCUT2D eigenvalue weighted by atomic mass is 16.5. The van der Waals surface area contributed by atoms with Crippen LogP contribution in [-0.2, 0) is 14.3 Å². The van der Waals surface area contributed by atoms with E-state index in [2.05, 4.69) is 0 Å². The average molecular weight is 270 g/mol. The van der Waals surface area contributed by atoms with E-state index in [1.165, 1.54) is 20.0 Å². The van der Waals surface area contributed by atoms with E-state index in [4.69, 9.17) is 4.74 Å². The molecule has 0 saturated heterocycles. The molecule has 0 aromatic rings. The Morgan fingerprint density at radius 2 is 1.79 bits per heavy atom. The second kappa shape index (κ2) is 7.48. The Morgan fingerprint density at radius 1 is 1.21 bits per heavy atom. The zero-order valence-corrected chi connectivity index (χ0v) is 12.5. The number of hydrogen-bond acceptors (Lipinski definition) is 4. The van der Waals surface area contributed by atoms with Gasteiger partial charge >= 0.3 is 5.97 Å². The normalized spacial score (nSPS) is 16.1. The molecular formula is C14H26N2O3. The van der Waals surface area contributed by atoms with Crippen molar-refractivity contribution in [2.75, 3.05) is 27.2 Å². The van der Waals surface area contributed by atoms with Gasteiger partial charge in [0.1, 0.15) is 0 Å². The molecular weight excluding hydrogens is 244 g/mol. The maximum Gasteiger partial charge on any atom is 0.319 e. The van der Waals surface area contributed by atoms with Crippen LogP contribution in [0.4, 0.5) is 0 Å². The van der Waals surface area contributed by atoms with Gasteiger partial charge in [0, 0.05) is 19.1 Å². The van der Waals surface area contributed by atoms with Gasteiger partial charge in [-0.2, -0.15) is 0 Å². The summed E-state index contributed by atoms with van der Waals surface area (Å²) in [4.78, 5) is 27.3. The van der Waals surface area contributed by atoms with Crippen LogP contribution in [0.5, 0.6) is 0 Å². The number of ether oxygens (including phenoxy) is 1. The third-order valence-electron chi connectivity index (χ3n) is 3.91. The standard InChI is InChI=1S/C14H26N2O3/c1-11(2)15(3)13(17)9-16(10-14(18)19-4)12-7-5-6-8-12/h11-12H,5-10H2,1-4H3. The Bertz CT molecular complexity index is 312. The van der Waals surface area contributed by atoms with Gasteiger partial charge in [-0.05, 0) is 26.7 Å². The Balaban J connectivity index is 2.62. The van der Waals surface area contributed by atoms with Gasteiger partial charge in [0.2, 0.25) is 5.91 Å². The molecule has 0 radical (unpaired) electrons. The van der Waals surface area contributed by atoms with Crippen LogP contribution in [0.25, 0.3) is 0 Å². The molecule has 1 saturated carbocycles. The smallest absolute Gasteiger partial charge is 0.319 e. The summed E-state index contributed by atoms with van der Waals surface area (Å²) in [5.74, 6) is -0.210. The van der Waals surface area contributed by atoms with Crippen LogP contribution in [0, 0.1) is 0 Å². The lowest BCUT2D eigenvalue weighted by atomic mass is 10.2. The Morgan fingerprint density at radius 3 is 2.26 bits per heavy atom. The number of hydrogen-bond donors (Lipinski definition) is 0. The predicted molar refractivity (Wildman–Crippen MR) is 73.8 cm³/mol. The molecule has 0 bridgehead atoms. The number of nitrogens with zero attached hydrogens (tertiary/aromatic N) is 2. The number of rotatable bonds is 6. The summed E-state index contributed by atoms with van der Waals surface area (Å²) < 4.78 is 4.72. The summed E-state index contributed by atoms with van der Waals surface area (Å²) in [6, 6.07) is 0.514. The second-order valence-corrected chi connectivity index (χ2v) is 5.52. The van der Waals surface area contributed by atoms with Crippen LogP contribution in [-0.4, -0.2) is 61.0 Å². The quantitative estimate of drug-likeness (QED) is 0.682. The van der Waals surface area contributed by atoms with Gasteiger partial charge < -0.3 is 9.64 Å². The van der Waals surface area contributed by atoms with Crippen molar-refractivity contribution >= 4 is 11.9 Å². The van der Waals surface area contributed by atoms with E-state index in [0.29, 0.717) is 12.6 Å². The fourth-order valence-electron chi connectivity index (χ4n) is 2.39. The Kier molecular flexibility index (Phi) is 6.28. The van der Waals surface area contributed by atoms with Crippen molar-refractivity contribution in [1.82, 2.24) is 9.80 Å². The highest BCUT2D eigenvalue weighted by molar-refractivity contribution is 5.79. The zero-order chi connectivity index (χ0) is 14.4. The first-order chi connectivity index (χ1) is 8.95. The molecule has 0 aromatic carbocycles. The summed E-state index contributed by atoms with van der Waals surface area (Å²) in [7, 11) is 3.19. The fourth-order valence-corrected chi connectivity index (χ4v) is 2.39. The number of methoxy groups -OCH3 is 1. The number of carbonyl (C=O) groups is 2. The van der Waals surface area contributed by atoms with Crippen LogP contribution >= 0.6 is 0 Å². The molecule has 0 heterocycles. The van der Waals surface area contributed by atoms with E-state index in [9.17, 15) is 9.59 Å². The molecule has 1 fully saturated rings. The lowest BCUT2D eigenvalue weighted by molar-refractivity contribution is -0.143. The molecule has 0 unspecified atom stereocenters. The number of esters is 1. The van der Waals surface area contributed by atoms with Gasteiger partial charge in [0.15, 0.2) is 0 Å². The van der Waals surface area contributed by atoms with Gasteiger partial charge in [0.25, 0.3) is 0 Å². The summed E-state index contributed by atoms with van der Waals surface area (Å²) >= 11 is 0. The summed E-state index contributed by atoms with van der Waals surface area (Å²) in [5, 5.41) is 0. The highest BCUT2D eigenvalue weighted by Gasteiger charge is 2.27. The molecule has 5 heteroatoms. The number of carbonyl (C=O) groups excluding carboxylic acids is 2. The van der Waals surface area contributed by atoms with Crippen LogP contribution < -0.4 is 0 Å². The van der Waals surface area contributed by atoms with Crippen molar-refractivity contribution in [3.63, 3.8) is 0 Å². The maximum absolute atomic E-state index is 12.2. The highest BCUT2D eigenvalue weighted by Crippen LogP contribution is 2.23. The van der Waals surface area contributed by atoms with E-state index < -0.39 is 0 Å². The molecule has 0 N–H and O–H groups in total. The largest absolute Gasteiger partial charge is 0.468 e. The van der Waals surface area contributed by atoms with Crippen molar-refractivity contribution in [1.29, 1.82) is 0 Å². The SMILES string of the molecule is COC(=O)CN(CC(=O)N(C)C(C)C)C1CCCC1. The first-order valence-electron chi connectivity index (χ1n) is 7.02. The van der Waals surface area contributed by atoms with Crippen LogP contribution in [0.1, 0.15) is 39.5 Å². The number of amides is 1. The monoisotopic (exact) mass is 270 g/mol. The predicted octanol–water partition coefficient (Wildman–Crippen LogP) is 1.27. The summed E-state index contributed by atoms with van der Waals surface area (Å²) in [5.41, 5.74) is 0. The Hall–Kier alpha value is -1.10. The molecule has 0 aliphatic heterocycles. The molecule has 0 atom stereocenters. The minimum Gasteiger partial charge on any atom is -0.468 e. The molecule has 1 aliphatic carbocycles. The third-order valence-corrected chi connectivity index (χ3v) is 3.91. The number of likely N-dealkylation sites (N-methyl/N-ethyl adjacent to an activating group) is 1. The van der Waals surface area contributed by atoms with Gasteiger partial charge in [-0.3, -0.25) is 14.5 Å². The van der Waals surface area contributed by atoms with Gasteiger partial charge in [-0.15, -0.1) is 0 Å². The molecule has 1 amide bonds. The van der Waals surface area contributed by atoms with E-state index >= 15 is 0 Å². The molecule has 1 aliphatic rings. The van der Waals surface area contributed by atoms with Gasteiger partial charge in [-0.1, -0.05) is 12.8 Å². The minimum atomic E-state index is -0.271. The molecule has 5 nitrogen and oxygen atoms in total. The van der Waals surface area contributed by atoms with Gasteiger partial charge in [-0.25, -0.2) is 0 Å². The zero-order valence-electron chi connectivity index (χ0n) is 12.5. The van der Waals surface area contributed by atoms with E-state index in [0.717, 1.165) is 12.8 Å². The lowest BCUT2D eigenvalue weighted by Crippen LogP contribution is -2.46.